The van der Waals surface area contributed by atoms with E-state index in [-0.39, 0.29) is 10.7 Å². The molecule has 8 heteroatoms. The predicted molar refractivity (Wildman–Crippen MR) is 104 cm³/mol. The van der Waals surface area contributed by atoms with Gasteiger partial charge in [0.2, 0.25) is 0 Å². The summed E-state index contributed by atoms with van der Waals surface area (Å²) in [6, 6.07) is 12.6. The van der Waals surface area contributed by atoms with E-state index in [1.807, 2.05) is 0 Å². The first-order valence-corrected chi connectivity index (χ1v) is 8.77. The quantitative estimate of drug-likeness (QED) is 0.558. The molecular formula is C21H15ClF3NO3. The Morgan fingerprint density at radius 1 is 1.07 bits per heavy atom. The fourth-order valence-corrected chi connectivity index (χ4v) is 3.06. The molecule has 0 saturated heterocycles. The van der Waals surface area contributed by atoms with E-state index in [1.165, 1.54) is 30.1 Å². The Labute approximate surface area is 169 Å². The molecule has 29 heavy (non-hydrogen) atoms. The highest BCUT2D eigenvalue weighted by atomic mass is 35.5. The van der Waals surface area contributed by atoms with Gasteiger partial charge in [-0.25, -0.2) is 18.0 Å². The minimum absolute atomic E-state index is 0.211. The Kier molecular flexibility index (Phi) is 5.98. The Morgan fingerprint density at radius 3 is 2.48 bits per heavy atom. The zero-order valence-electron chi connectivity index (χ0n) is 15.1. The molecule has 0 amide bonds. The monoisotopic (exact) mass is 421 g/mol. The van der Waals surface area contributed by atoms with E-state index in [0.29, 0.717) is 11.1 Å². The maximum Gasteiger partial charge on any atom is 0.341 e. The summed E-state index contributed by atoms with van der Waals surface area (Å²) in [5.74, 6) is -4.09. The Balaban J connectivity index is 2.04. The summed E-state index contributed by atoms with van der Waals surface area (Å²) in [7, 11) is 1.40. The molecule has 0 atom stereocenters. The minimum Gasteiger partial charge on any atom is -0.479 e. The Hall–Kier alpha value is -3.19. The molecule has 0 aliphatic rings. The van der Waals surface area contributed by atoms with E-state index in [2.05, 4.69) is 0 Å². The number of aliphatic carboxylic acids is 1. The Morgan fingerprint density at radius 2 is 1.79 bits per heavy atom. The lowest BCUT2D eigenvalue weighted by Crippen LogP contribution is -2.16. The molecule has 0 bridgehead atoms. The van der Waals surface area contributed by atoms with E-state index in [9.17, 15) is 18.0 Å². The molecule has 0 heterocycles. The highest BCUT2D eigenvalue weighted by molar-refractivity contribution is 6.33. The van der Waals surface area contributed by atoms with Gasteiger partial charge in [0.15, 0.2) is 18.2 Å². The van der Waals surface area contributed by atoms with E-state index < -0.39 is 41.5 Å². The van der Waals surface area contributed by atoms with E-state index >= 15 is 0 Å². The molecule has 0 saturated carbocycles. The SMILES string of the molecule is CN(c1cc(-c2cccc(F)c2)ccc1Cl)c1c(F)ccc(OCC(=O)O)c1F. The van der Waals surface area contributed by atoms with Crippen molar-refractivity contribution < 1.29 is 27.8 Å². The van der Waals surface area contributed by atoms with E-state index in [0.717, 1.165) is 12.1 Å². The summed E-state index contributed by atoms with van der Waals surface area (Å²) in [6.07, 6.45) is 0. The summed E-state index contributed by atoms with van der Waals surface area (Å²) in [6.45, 7) is -0.776. The smallest absolute Gasteiger partial charge is 0.341 e. The number of benzene rings is 3. The van der Waals surface area contributed by atoms with Crippen molar-refractivity contribution >= 4 is 28.9 Å². The first kappa shape index (κ1) is 20.5. The highest BCUT2D eigenvalue weighted by Crippen LogP contribution is 2.39. The van der Waals surface area contributed by atoms with Gasteiger partial charge in [-0.05, 0) is 47.5 Å². The number of carboxylic acid groups (broad SMARTS) is 1. The summed E-state index contributed by atoms with van der Waals surface area (Å²) < 4.78 is 47.7. The van der Waals surface area contributed by atoms with Crippen LogP contribution in [0.25, 0.3) is 11.1 Å². The average molecular weight is 422 g/mol. The zero-order valence-corrected chi connectivity index (χ0v) is 15.9. The van der Waals surface area contributed by atoms with Gasteiger partial charge in [-0.2, -0.15) is 0 Å². The third-order valence-electron chi connectivity index (χ3n) is 4.18. The van der Waals surface area contributed by atoms with Crippen LogP contribution in [-0.2, 0) is 4.79 Å². The lowest BCUT2D eigenvalue weighted by molar-refractivity contribution is -0.139. The van der Waals surface area contributed by atoms with Crippen LogP contribution in [0.1, 0.15) is 0 Å². The van der Waals surface area contributed by atoms with Crippen molar-refractivity contribution in [2.24, 2.45) is 0 Å². The molecule has 0 spiro atoms. The molecule has 150 valence electrons. The van der Waals surface area contributed by atoms with Crippen LogP contribution in [0.15, 0.2) is 54.6 Å². The molecule has 3 aromatic carbocycles. The lowest BCUT2D eigenvalue weighted by Gasteiger charge is -2.23. The first-order chi connectivity index (χ1) is 13.8. The average Bonchev–Trinajstić information content (AvgIpc) is 2.67. The van der Waals surface area contributed by atoms with Gasteiger partial charge in [-0.1, -0.05) is 29.8 Å². The number of nitrogens with zero attached hydrogens (tertiary/aromatic N) is 1. The van der Waals surface area contributed by atoms with Crippen molar-refractivity contribution in [1.82, 2.24) is 0 Å². The van der Waals surface area contributed by atoms with Crippen molar-refractivity contribution in [3.63, 3.8) is 0 Å². The number of rotatable bonds is 6. The van der Waals surface area contributed by atoms with E-state index in [4.69, 9.17) is 21.4 Å². The predicted octanol–water partition coefficient (Wildman–Crippen LogP) is 5.66. The number of anilines is 2. The second kappa shape index (κ2) is 8.45. The van der Waals surface area contributed by atoms with Gasteiger partial charge in [0.25, 0.3) is 0 Å². The number of halogens is 4. The van der Waals surface area contributed by atoms with E-state index in [1.54, 1.807) is 24.3 Å². The maximum atomic E-state index is 14.8. The van der Waals surface area contributed by atoms with Crippen LogP contribution in [0.4, 0.5) is 24.5 Å². The summed E-state index contributed by atoms with van der Waals surface area (Å²) in [4.78, 5) is 11.8. The van der Waals surface area contributed by atoms with Crippen LogP contribution in [0.3, 0.4) is 0 Å². The second-order valence-corrected chi connectivity index (χ2v) is 6.53. The first-order valence-electron chi connectivity index (χ1n) is 8.39. The normalized spacial score (nSPS) is 10.7. The summed E-state index contributed by atoms with van der Waals surface area (Å²) in [5, 5.41) is 8.91. The molecule has 0 aromatic heterocycles. The molecular weight excluding hydrogens is 407 g/mol. The number of carboxylic acids is 1. The number of carbonyl (C=O) groups is 1. The van der Waals surface area contributed by atoms with Crippen molar-refractivity contribution in [3.8, 4) is 16.9 Å². The third kappa shape index (κ3) is 4.46. The third-order valence-corrected chi connectivity index (χ3v) is 4.50. The highest BCUT2D eigenvalue weighted by Gasteiger charge is 2.22. The number of hydrogen-bond donors (Lipinski definition) is 1. The van der Waals surface area contributed by atoms with Crippen molar-refractivity contribution in [3.05, 3.63) is 77.1 Å². The zero-order chi connectivity index (χ0) is 21.1. The van der Waals surface area contributed by atoms with Gasteiger partial charge in [0, 0.05) is 7.05 Å². The van der Waals surface area contributed by atoms with Crippen LogP contribution < -0.4 is 9.64 Å². The van der Waals surface area contributed by atoms with Gasteiger partial charge in [-0.15, -0.1) is 0 Å². The topological polar surface area (TPSA) is 49.8 Å². The molecule has 0 aliphatic heterocycles. The summed E-state index contributed by atoms with van der Waals surface area (Å²) >= 11 is 6.24. The molecule has 0 radical (unpaired) electrons. The maximum absolute atomic E-state index is 14.8. The van der Waals surface area contributed by atoms with Gasteiger partial charge >= 0.3 is 5.97 Å². The minimum atomic E-state index is -1.30. The van der Waals surface area contributed by atoms with Crippen LogP contribution in [-0.4, -0.2) is 24.7 Å². The van der Waals surface area contributed by atoms with Crippen LogP contribution in [0.5, 0.6) is 5.75 Å². The number of hydrogen-bond acceptors (Lipinski definition) is 3. The molecule has 1 N–H and O–H groups in total. The summed E-state index contributed by atoms with van der Waals surface area (Å²) in [5.41, 5.74) is 0.957. The molecule has 0 unspecified atom stereocenters. The van der Waals surface area contributed by atoms with Crippen LogP contribution >= 0.6 is 11.6 Å². The number of ether oxygens (including phenoxy) is 1. The van der Waals surface area contributed by atoms with Crippen LogP contribution in [0, 0.1) is 17.5 Å². The standard InChI is InChI=1S/C21H15ClF3NO3/c1-26(21-16(24)7-8-18(20(21)25)29-11-19(27)28)17-10-13(5-6-15(17)22)12-3-2-4-14(23)9-12/h2-10H,11H2,1H3,(H,27,28). The molecule has 3 aromatic rings. The van der Waals surface area contributed by atoms with Crippen molar-refractivity contribution in [2.75, 3.05) is 18.6 Å². The van der Waals surface area contributed by atoms with Crippen molar-refractivity contribution in [1.29, 1.82) is 0 Å². The second-order valence-electron chi connectivity index (χ2n) is 6.13. The van der Waals surface area contributed by atoms with Gasteiger partial charge in [0.1, 0.15) is 17.3 Å². The van der Waals surface area contributed by atoms with Gasteiger partial charge in [0.05, 0.1) is 10.7 Å². The molecule has 4 nitrogen and oxygen atoms in total. The van der Waals surface area contributed by atoms with Crippen molar-refractivity contribution in [2.45, 2.75) is 0 Å². The lowest BCUT2D eigenvalue weighted by atomic mass is 10.0. The van der Waals surface area contributed by atoms with Gasteiger partial charge in [-0.3, -0.25) is 0 Å². The fraction of sp³-hybridized carbons (Fsp3) is 0.0952. The fourth-order valence-electron chi connectivity index (χ4n) is 2.82. The molecule has 3 rings (SSSR count). The molecule has 0 fully saturated rings. The molecule has 0 aliphatic carbocycles. The van der Waals surface area contributed by atoms with Gasteiger partial charge < -0.3 is 14.7 Å². The Bertz CT molecular complexity index is 1080. The largest absolute Gasteiger partial charge is 0.479 e. The van der Waals surface area contributed by atoms with Crippen LogP contribution in [0.2, 0.25) is 5.02 Å².